The van der Waals surface area contributed by atoms with Crippen LogP contribution >= 0.6 is 0 Å². The smallest absolute Gasteiger partial charge is 0.120 e. The van der Waals surface area contributed by atoms with E-state index in [0.717, 1.165) is 17.4 Å². The molecule has 0 N–H and O–H groups in total. The van der Waals surface area contributed by atoms with Crippen LogP contribution in [0.2, 0.25) is 0 Å². The topological polar surface area (TPSA) is 17.1 Å². The molecule has 82 valence electrons. The molecule has 0 fully saturated rings. The van der Waals surface area contributed by atoms with Crippen LogP contribution in [-0.4, -0.2) is 12.0 Å². The summed E-state index contributed by atoms with van der Waals surface area (Å²) in [5.74, 6) is 0. The zero-order valence-corrected chi connectivity index (χ0v) is 9.29. The Bertz CT molecular complexity index is 326. The van der Waals surface area contributed by atoms with Crippen molar-refractivity contribution in [1.82, 2.24) is 0 Å². The van der Waals surface area contributed by atoms with Crippen LogP contribution in [0.15, 0.2) is 24.3 Å². The Morgan fingerprint density at radius 1 is 1.27 bits per heavy atom. The molecule has 0 amide bonds. The second kappa shape index (κ2) is 5.06. The van der Waals surface area contributed by atoms with Crippen LogP contribution in [0.1, 0.15) is 31.4 Å². The first-order chi connectivity index (χ1) is 7.03. The molecule has 0 aliphatic carbocycles. The van der Waals surface area contributed by atoms with Gasteiger partial charge in [-0.1, -0.05) is 24.3 Å². The molecule has 0 aliphatic heterocycles. The Morgan fingerprint density at radius 3 is 2.40 bits per heavy atom. The molecule has 0 aliphatic rings. The number of aryl methyl sites for hydroxylation is 1. The predicted octanol–water partition coefficient (Wildman–Crippen LogP) is 3.11. The lowest BCUT2D eigenvalue weighted by Crippen LogP contribution is -2.16. The third kappa shape index (κ3) is 4.24. The van der Waals surface area contributed by atoms with Crippen LogP contribution in [-0.2, 0) is 17.6 Å². The molecule has 0 unspecified atom stereocenters. The molecule has 0 heterocycles. The van der Waals surface area contributed by atoms with E-state index in [1.54, 1.807) is 13.8 Å². The van der Waals surface area contributed by atoms with Crippen molar-refractivity contribution in [2.75, 3.05) is 0 Å². The second-order valence-corrected chi connectivity index (χ2v) is 4.37. The maximum absolute atomic E-state index is 13.5. The largest absolute Gasteiger partial charge is 0.303 e. The maximum atomic E-state index is 13.5. The van der Waals surface area contributed by atoms with Gasteiger partial charge in [0.05, 0.1) is 0 Å². The van der Waals surface area contributed by atoms with Gasteiger partial charge in [0.15, 0.2) is 0 Å². The molecule has 1 aromatic carbocycles. The van der Waals surface area contributed by atoms with E-state index in [9.17, 15) is 9.18 Å². The van der Waals surface area contributed by atoms with Gasteiger partial charge in [-0.25, -0.2) is 4.39 Å². The molecule has 1 nitrogen and oxygen atoms in total. The Morgan fingerprint density at radius 2 is 1.87 bits per heavy atom. The molecular weight excluding hydrogens is 191 g/mol. The quantitative estimate of drug-likeness (QED) is 0.679. The molecule has 1 aromatic rings. The van der Waals surface area contributed by atoms with Gasteiger partial charge in [0.2, 0.25) is 0 Å². The van der Waals surface area contributed by atoms with E-state index in [-0.39, 0.29) is 0 Å². The lowest BCUT2D eigenvalue weighted by molar-refractivity contribution is -0.107. The molecule has 0 saturated heterocycles. The van der Waals surface area contributed by atoms with Gasteiger partial charge in [-0.3, -0.25) is 0 Å². The highest BCUT2D eigenvalue weighted by atomic mass is 19.1. The van der Waals surface area contributed by atoms with Crippen LogP contribution in [0.5, 0.6) is 0 Å². The first-order valence-electron chi connectivity index (χ1n) is 5.22. The lowest BCUT2D eigenvalue weighted by atomic mass is 9.94. The highest BCUT2D eigenvalue weighted by molar-refractivity contribution is 5.50. The monoisotopic (exact) mass is 208 g/mol. The van der Waals surface area contributed by atoms with Crippen molar-refractivity contribution in [2.24, 2.45) is 0 Å². The summed E-state index contributed by atoms with van der Waals surface area (Å²) in [5.41, 5.74) is 0.888. The molecular formula is C13H17FO. The normalized spacial score (nSPS) is 11.4. The first-order valence-corrected chi connectivity index (χ1v) is 5.22. The molecule has 0 spiro atoms. The van der Waals surface area contributed by atoms with E-state index >= 15 is 0 Å². The van der Waals surface area contributed by atoms with Crippen molar-refractivity contribution in [3.05, 3.63) is 35.4 Å². The molecule has 1 rings (SSSR count). The minimum atomic E-state index is -1.20. The van der Waals surface area contributed by atoms with Crippen molar-refractivity contribution >= 4 is 6.29 Å². The van der Waals surface area contributed by atoms with Gasteiger partial charge >= 0.3 is 0 Å². The van der Waals surface area contributed by atoms with E-state index in [2.05, 4.69) is 0 Å². The minimum absolute atomic E-state index is 0.405. The van der Waals surface area contributed by atoms with E-state index in [0.29, 0.717) is 19.3 Å². The summed E-state index contributed by atoms with van der Waals surface area (Å²) >= 11 is 0. The number of alkyl halides is 1. The molecule has 0 saturated carbocycles. The van der Waals surface area contributed by atoms with Crippen molar-refractivity contribution < 1.29 is 9.18 Å². The van der Waals surface area contributed by atoms with E-state index < -0.39 is 5.67 Å². The number of hydrogen-bond donors (Lipinski definition) is 0. The number of benzene rings is 1. The zero-order valence-electron chi connectivity index (χ0n) is 9.29. The van der Waals surface area contributed by atoms with Crippen LogP contribution in [0, 0.1) is 0 Å². The number of hydrogen-bond acceptors (Lipinski definition) is 1. The number of carbonyl (C=O) groups is 1. The van der Waals surface area contributed by atoms with Gasteiger partial charge in [0.1, 0.15) is 12.0 Å². The Labute approximate surface area is 90.3 Å². The summed E-state index contributed by atoms with van der Waals surface area (Å²) in [6.07, 6.45) is 2.51. The van der Waals surface area contributed by atoms with E-state index in [4.69, 9.17) is 0 Å². The van der Waals surface area contributed by atoms with Gasteiger partial charge in [-0.15, -0.1) is 0 Å². The summed E-state index contributed by atoms with van der Waals surface area (Å²) < 4.78 is 13.5. The number of carbonyl (C=O) groups excluding carboxylic acids is 1. The SMILES string of the molecule is CC(C)(F)Cc1ccccc1CCC=O. The van der Waals surface area contributed by atoms with Gasteiger partial charge in [0, 0.05) is 12.8 Å². The second-order valence-electron chi connectivity index (χ2n) is 4.37. The fraction of sp³-hybridized carbons (Fsp3) is 0.462. The average molecular weight is 208 g/mol. The third-order valence-corrected chi connectivity index (χ3v) is 2.26. The van der Waals surface area contributed by atoms with Crippen molar-refractivity contribution in [2.45, 2.75) is 38.8 Å². The summed E-state index contributed by atoms with van der Waals surface area (Å²) in [6.45, 7) is 3.15. The molecule has 2 heteroatoms. The van der Waals surface area contributed by atoms with Gasteiger partial charge < -0.3 is 4.79 Å². The molecule has 0 bridgehead atoms. The van der Waals surface area contributed by atoms with Gasteiger partial charge in [0.25, 0.3) is 0 Å². The zero-order chi connectivity index (χ0) is 11.3. The van der Waals surface area contributed by atoms with Crippen molar-refractivity contribution in [3.8, 4) is 0 Å². The highest BCUT2D eigenvalue weighted by Crippen LogP contribution is 2.20. The number of halogens is 1. The molecule has 0 aromatic heterocycles. The predicted molar refractivity (Wildman–Crippen MR) is 59.7 cm³/mol. The van der Waals surface area contributed by atoms with Gasteiger partial charge in [-0.05, 0) is 31.4 Å². The fourth-order valence-electron chi connectivity index (χ4n) is 1.64. The lowest BCUT2D eigenvalue weighted by Gasteiger charge is -2.16. The third-order valence-electron chi connectivity index (χ3n) is 2.26. The Balaban J connectivity index is 2.81. The Kier molecular flexibility index (Phi) is 4.01. The van der Waals surface area contributed by atoms with Crippen LogP contribution < -0.4 is 0 Å². The van der Waals surface area contributed by atoms with Crippen LogP contribution in [0.4, 0.5) is 4.39 Å². The van der Waals surface area contributed by atoms with Gasteiger partial charge in [-0.2, -0.15) is 0 Å². The minimum Gasteiger partial charge on any atom is -0.303 e. The molecule has 15 heavy (non-hydrogen) atoms. The fourth-order valence-corrected chi connectivity index (χ4v) is 1.64. The van der Waals surface area contributed by atoms with E-state index in [1.807, 2.05) is 24.3 Å². The summed E-state index contributed by atoms with van der Waals surface area (Å²) in [4.78, 5) is 10.3. The molecule has 0 atom stereocenters. The average Bonchev–Trinajstić information content (AvgIpc) is 2.14. The Hall–Kier alpha value is -1.18. The number of rotatable bonds is 5. The number of aldehydes is 1. The standard InChI is InChI=1S/C13H17FO/c1-13(2,14)10-12-7-4-3-6-11(12)8-5-9-15/h3-4,6-7,9H,5,8,10H2,1-2H3. The summed E-state index contributed by atoms with van der Waals surface area (Å²) in [7, 11) is 0. The van der Waals surface area contributed by atoms with Crippen molar-refractivity contribution in [3.63, 3.8) is 0 Å². The highest BCUT2D eigenvalue weighted by Gasteiger charge is 2.17. The maximum Gasteiger partial charge on any atom is 0.120 e. The van der Waals surface area contributed by atoms with E-state index in [1.165, 1.54) is 0 Å². The van der Waals surface area contributed by atoms with Crippen molar-refractivity contribution in [1.29, 1.82) is 0 Å². The van der Waals surface area contributed by atoms with Crippen LogP contribution in [0.25, 0.3) is 0 Å². The summed E-state index contributed by atoms with van der Waals surface area (Å²) in [5, 5.41) is 0. The molecule has 0 radical (unpaired) electrons. The first kappa shape index (κ1) is 11.9. The van der Waals surface area contributed by atoms with Crippen LogP contribution in [0.3, 0.4) is 0 Å². The summed E-state index contributed by atoms with van der Waals surface area (Å²) in [6, 6.07) is 7.73.